The molecule has 0 unspecified atom stereocenters. The lowest BCUT2D eigenvalue weighted by molar-refractivity contribution is -0.141. The lowest BCUT2D eigenvalue weighted by Crippen LogP contribution is -2.39. The molecule has 0 aliphatic carbocycles. The van der Waals surface area contributed by atoms with Gasteiger partial charge in [-0.2, -0.15) is 0 Å². The van der Waals surface area contributed by atoms with Crippen LogP contribution in [0.5, 0.6) is 0 Å². The number of hydrogen-bond donors (Lipinski definition) is 0. The summed E-state index contributed by atoms with van der Waals surface area (Å²) in [6, 6.07) is 4.01. The third kappa shape index (κ3) is 6.58. The molecule has 7 heteroatoms. The van der Waals surface area contributed by atoms with Crippen molar-refractivity contribution >= 4 is 39.1 Å². The van der Waals surface area contributed by atoms with Crippen LogP contribution in [0.4, 0.5) is 0 Å². The zero-order chi connectivity index (χ0) is 15.8. The Bertz CT molecular complexity index is 479. The molecular weight excluding hydrogens is 356 g/mol. The summed E-state index contributed by atoms with van der Waals surface area (Å²) < 4.78 is 5.66. The Hall–Kier alpha value is -0.920. The van der Waals surface area contributed by atoms with E-state index in [1.54, 1.807) is 11.3 Å². The molecule has 1 aromatic rings. The van der Waals surface area contributed by atoms with E-state index in [0.29, 0.717) is 32.6 Å². The fourth-order valence-corrected chi connectivity index (χ4v) is 3.29. The second-order valence-electron chi connectivity index (χ2n) is 4.68. The van der Waals surface area contributed by atoms with Crippen LogP contribution >= 0.6 is 27.3 Å². The number of likely N-dealkylation sites (N-methyl/N-ethyl adjacent to an activating group) is 2. The van der Waals surface area contributed by atoms with Crippen LogP contribution in [0.15, 0.2) is 15.9 Å². The molecule has 0 saturated carbocycles. The van der Waals surface area contributed by atoms with Crippen LogP contribution in [0, 0.1) is 0 Å². The molecule has 0 N–H and O–H groups in total. The Morgan fingerprint density at radius 3 is 2.62 bits per heavy atom. The molecule has 0 bridgehead atoms. The Kier molecular flexibility index (Phi) is 7.92. The molecule has 0 atom stereocenters. The van der Waals surface area contributed by atoms with Crippen LogP contribution in [0.3, 0.4) is 0 Å². The molecule has 0 saturated heterocycles. The summed E-state index contributed by atoms with van der Waals surface area (Å²) in [5.41, 5.74) is 0. The van der Waals surface area contributed by atoms with Crippen molar-refractivity contribution in [1.82, 2.24) is 9.80 Å². The van der Waals surface area contributed by atoms with Crippen molar-refractivity contribution in [3.8, 4) is 0 Å². The number of esters is 1. The monoisotopic (exact) mass is 376 g/mol. The van der Waals surface area contributed by atoms with Gasteiger partial charge in [-0.15, -0.1) is 11.3 Å². The van der Waals surface area contributed by atoms with Gasteiger partial charge in [-0.1, -0.05) is 0 Å². The Labute approximate surface area is 138 Å². The molecule has 0 spiro atoms. The summed E-state index contributed by atoms with van der Waals surface area (Å²) in [6.45, 7) is 4.07. The number of hydrogen-bond acceptors (Lipinski definition) is 5. The van der Waals surface area contributed by atoms with Crippen LogP contribution in [0.2, 0.25) is 0 Å². The van der Waals surface area contributed by atoms with Gasteiger partial charge in [0, 0.05) is 18.0 Å². The Morgan fingerprint density at radius 2 is 2.10 bits per heavy atom. The van der Waals surface area contributed by atoms with Crippen molar-refractivity contribution in [2.75, 3.05) is 33.8 Å². The van der Waals surface area contributed by atoms with E-state index < -0.39 is 0 Å². The number of nitrogens with zero attached hydrogens (tertiary/aromatic N) is 2. The number of amides is 1. The SMILES string of the molecule is CCN(Cc1ccc(Br)s1)C(=O)CN(C)CCC(=O)OC. The summed E-state index contributed by atoms with van der Waals surface area (Å²) in [6.07, 6.45) is 0.296. The highest BCUT2D eigenvalue weighted by Gasteiger charge is 2.16. The van der Waals surface area contributed by atoms with Gasteiger partial charge in [-0.25, -0.2) is 0 Å². The van der Waals surface area contributed by atoms with E-state index in [-0.39, 0.29) is 11.9 Å². The van der Waals surface area contributed by atoms with Crippen molar-refractivity contribution in [1.29, 1.82) is 0 Å². The quantitative estimate of drug-likeness (QED) is 0.653. The van der Waals surface area contributed by atoms with Crippen LogP contribution in [-0.2, 0) is 20.9 Å². The van der Waals surface area contributed by atoms with Gasteiger partial charge in [0.1, 0.15) is 0 Å². The number of rotatable bonds is 8. The molecule has 1 amide bonds. The number of ether oxygens (including phenoxy) is 1. The maximum Gasteiger partial charge on any atom is 0.306 e. The van der Waals surface area contributed by atoms with E-state index in [1.165, 1.54) is 7.11 Å². The molecule has 1 heterocycles. The molecule has 0 aliphatic heterocycles. The summed E-state index contributed by atoms with van der Waals surface area (Å²) in [7, 11) is 3.20. The number of carbonyl (C=O) groups excluding carboxylic acids is 2. The summed E-state index contributed by atoms with van der Waals surface area (Å²) in [4.78, 5) is 28.2. The molecule has 0 radical (unpaired) electrons. The number of methoxy groups -OCH3 is 1. The maximum atomic E-state index is 12.3. The first-order chi connectivity index (χ1) is 9.96. The molecule has 0 fully saturated rings. The molecule has 1 aromatic heterocycles. The first-order valence-corrected chi connectivity index (χ1v) is 8.34. The van der Waals surface area contributed by atoms with Gasteiger partial charge < -0.3 is 9.64 Å². The van der Waals surface area contributed by atoms with Gasteiger partial charge in [-0.05, 0) is 42.0 Å². The first kappa shape index (κ1) is 18.1. The fourth-order valence-electron chi connectivity index (χ4n) is 1.80. The van der Waals surface area contributed by atoms with Crippen molar-refractivity contribution < 1.29 is 14.3 Å². The van der Waals surface area contributed by atoms with E-state index in [9.17, 15) is 9.59 Å². The topological polar surface area (TPSA) is 49.9 Å². The van der Waals surface area contributed by atoms with Crippen molar-refractivity contribution in [3.05, 3.63) is 20.8 Å². The van der Waals surface area contributed by atoms with Gasteiger partial charge in [-0.3, -0.25) is 14.5 Å². The zero-order valence-electron chi connectivity index (χ0n) is 12.6. The van der Waals surface area contributed by atoms with Gasteiger partial charge in [0.05, 0.1) is 30.4 Å². The predicted octanol–water partition coefficient (Wildman–Crippen LogP) is 2.35. The van der Waals surface area contributed by atoms with Crippen molar-refractivity contribution in [2.24, 2.45) is 0 Å². The second kappa shape index (κ2) is 9.17. The minimum atomic E-state index is -0.259. The average molecular weight is 377 g/mol. The molecule has 5 nitrogen and oxygen atoms in total. The summed E-state index contributed by atoms with van der Waals surface area (Å²) in [5, 5.41) is 0. The van der Waals surface area contributed by atoms with Gasteiger partial charge >= 0.3 is 5.97 Å². The largest absolute Gasteiger partial charge is 0.469 e. The van der Waals surface area contributed by atoms with E-state index in [4.69, 9.17) is 0 Å². The molecule has 0 aliphatic rings. The third-order valence-corrected chi connectivity index (χ3v) is 4.65. The normalized spacial score (nSPS) is 10.7. The maximum absolute atomic E-state index is 12.3. The lowest BCUT2D eigenvalue weighted by Gasteiger charge is -2.23. The Balaban J connectivity index is 2.45. The molecule has 118 valence electrons. The predicted molar refractivity (Wildman–Crippen MR) is 87.2 cm³/mol. The average Bonchev–Trinajstić information content (AvgIpc) is 2.87. The standard InChI is InChI=1S/C14H21BrN2O3S/c1-4-17(9-11-5-6-12(15)21-11)13(18)10-16(2)8-7-14(19)20-3/h5-6H,4,7-10H2,1-3H3. The van der Waals surface area contributed by atoms with Crippen molar-refractivity contribution in [2.45, 2.75) is 19.9 Å². The van der Waals surface area contributed by atoms with Gasteiger partial charge in [0.2, 0.25) is 5.91 Å². The highest BCUT2D eigenvalue weighted by molar-refractivity contribution is 9.11. The highest BCUT2D eigenvalue weighted by atomic mass is 79.9. The third-order valence-electron chi connectivity index (χ3n) is 3.04. The minimum absolute atomic E-state index is 0.0642. The van der Waals surface area contributed by atoms with E-state index >= 15 is 0 Å². The van der Waals surface area contributed by atoms with Crippen LogP contribution < -0.4 is 0 Å². The molecule has 0 aromatic carbocycles. The van der Waals surface area contributed by atoms with Gasteiger partial charge in [0.25, 0.3) is 0 Å². The van der Waals surface area contributed by atoms with E-state index in [1.807, 2.05) is 35.9 Å². The number of halogens is 1. The Morgan fingerprint density at radius 1 is 1.38 bits per heavy atom. The van der Waals surface area contributed by atoms with E-state index in [0.717, 1.165) is 8.66 Å². The lowest BCUT2D eigenvalue weighted by atomic mass is 10.3. The molecule has 1 rings (SSSR count). The fraction of sp³-hybridized carbons (Fsp3) is 0.571. The van der Waals surface area contributed by atoms with E-state index in [2.05, 4.69) is 20.7 Å². The minimum Gasteiger partial charge on any atom is -0.469 e. The van der Waals surface area contributed by atoms with Crippen LogP contribution in [-0.4, -0.2) is 55.5 Å². The smallest absolute Gasteiger partial charge is 0.306 e. The summed E-state index contributed by atoms with van der Waals surface area (Å²) in [5.74, 6) is -0.195. The second-order valence-corrected chi connectivity index (χ2v) is 7.23. The van der Waals surface area contributed by atoms with Gasteiger partial charge in [0.15, 0.2) is 0 Å². The first-order valence-electron chi connectivity index (χ1n) is 6.73. The van der Waals surface area contributed by atoms with Crippen molar-refractivity contribution in [3.63, 3.8) is 0 Å². The highest BCUT2D eigenvalue weighted by Crippen LogP contribution is 2.23. The van der Waals surface area contributed by atoms with Crippen LogP contribution in [0.25, 0.3) is 0 Å². The number of thiophene rings is 1. The van der Waals surface area contributed by atoms with Crippen LogP contribution in [0.1, 0.15) is 18.2 Å². The summed E-state index contributed by atoms with van der Waals surface area (Å²) >= 11 is 5.06. The number of carbonyl (C=O) groups is 2. The molecular formula is C14H21BrN2O3S. The zero-order valence-corrected chi connectivity index (χ0v) is 15.0. The molecule has 21 heavy (non-hydrogen) atoms.